The number of aromatic nitrogens is 2. The van der Waals surface area contributed by atoms with Crippen LogP contribution in [0.1, 0.15) is 78.1 Å². The number of anilines is 5. The summed E-state index contributed by atoms with van der Waals surface area (Å²) in [6, 6.07) is 9.72. The number of fused-ring (bicyclic) bond motifs is 2. The van der Waals surface area contributed by atoms with Crippen molar-refractivity contribution >= 4 is 58.4 Å². The Morgan fingerprint density at radius 1 is 1.04 bits per heavy atom. The molecule has 1 saturated heterocycles. The maximum atomic E-state index is 13.2. The number of carbonyl (C=O) groups excluding carboxylic acids is 5. The van der Waals surface area contributed by atoms with Gasteiger partial charge in [0.2, 0.25) is 23.7 Å². The predicted octanol–water partition coefficient (Wildman–Crippen LogP) is 3.34. The van der Waals surface area contributed by atoms with Crippen molar-refractivity contribution in [2.75, 3.05) is 47.7 Å². The standard InChI is InChI=1S/C37H43N9O6/c1-4-27-36(51)44(2)29-19-40-37(43-32(29)46(27)22-8-5-6-9-22)41-26-13-12-21(18-30(26)52-3)33(48)39-17-16-38-25-11-7-10-23-24(25)20-45(35(23)50)28-14-15-31(47)42-34(28)49/h7,10-13,18-19,22,27-28,38H,4-6,8-9,14-17,20H2,1-3H3,(H,39,48)(H,40,41,43)(H,42,47,49)/t27-,28?/m1/s1. The van der Waals surface area contributed by atoms with Gasteiger partial charge in [-0.05, 0) is 56.0 Å². The summed E-state index contributed by atoms with van der Waals surface area (Å²) in [6.45, 7) is 2.97. The normalized spacial score (nSPS) is 20.1. The summed E-state index contributed by atoms with van der Waals surface area (Å²) in [5, 5.41) is 11.8. The third-order valence-electron chi connectivity index (χ3n) is 10.4. The molecule has 15 heteroatoms. The van der Waals surface area contributed by atoms with Crippen LogP contribution < -0.4 is 35.8 Å². The number of piperidine rings is 1. The highest BCUT2D eigenvalue weighted by Crippen LogP contribution is 2.40. The van der Waals surface area contributed by atoms with Crippen molar-refractivity contribution in [3.8, 4) is 5.75 Å². The van der Waals surface area contributed by atoms with Crippen LogP contribution in [0.5, 0.6) is 5.75 Å². The van der Waals surface area contributed by atoms with Gasteiger partial charge in [-0.1, -0.05) is 25.8 Å². The Morgan fingerprint density at radius 3 is 2.60 bits per heavy atom. The lowest BCUT2D eigenvalue weighted by Crippen LogP contribution is -2.55. The molecule has 1 unspecified atom stereocenters. The lowest BCUT2D eigenvalue weighted by Gasteiger charge is -2.43. The first-order valence-corrected chi connectivity index (χ1v) is 17.8. The van der Waals surface area contributed by atoms with Gasteiger partial charge < -0.3 is 35.4 Å². The molecule has 3 aromatic rings. The highest BCUT2D eigenvalue weighted by molar-refractivity contribution is 6.06. The maximum absolute atomic E-state index is 13.2. The first-order chi connectivity index (χ1) is 25.2. The summed E-state index contributed by atoms with van der Waals surface area (Å²) in [5.41, 5.74) is 3.69. The Kier molecular flexibility index (Phi) is 9.67. The van der Waals surface area contributed by atoms with Crippen LogP contribution in [0, 0.1) is 0 Å². The summed E-state index contributed by atoms with van der Waals surface area (Å²) in [5.74, 6) is 0.261. The highest BCUT2D eigenvalue weighted by Gasteiger charge is 2.42. The molecule has 4 heterocycles. The molecule has 2 aromatic carbocycles. The number of hydrogen-bond acceptors (Lipinski definition) is 11. The first-order valence-electron chi connectivity index (χ1n) is 17.8. The third kappa shape index (κ3) is 6.46. The first kappa shape index (κ1) is 34.7. The SMILES string of the molecule is CC[C@@H]1C(=O)N(C)c2cnc(Nc3ccc(C(=O)NCCNc4cccc5c4CN(C4CCC(=O)NC4=O)C5=O)cc3OC)nc2N1C1CCCC1. The fourth-order valence-electron chi connectivity index (χ4n) is 7.73. The number of amides is 5. The van der Waals surface area contributed by atoms with Crippen LogP contribution in [0.25, 0.3) is 0 Å². The number of nitrogens with zero attached hydrogens (tertiary/aromatic N) is 5. The number of methoxy groups -OCH3 is 1. The lowest BCUT2D eigenvalue weighted by atomic mass is 10.0. The van der Waals surface area contributed by atoms with Crippen LogP contribution in [-0.4, -0.2) is 89.8 Å². The minimum absolute atomic E-state index is 0.0518. The molecule has 0 spiro atoms. The van der Waals surface area contributed by atoms with Crippen molar-refractivity contribution in [3.63, 3.8) is 0 Å². The molecule has 1 aromatic heterocycles. The van der Waals surface area contributed by atoms with E-state index in [1.165, 1.54) is 12.0 Å². The van der Waals surface area contributed by atoms with Gasteiger partial charge in [-0.3, -0.25) is 29.3 Å². The molecule has 0 radical (unpaired) electrons. The number of nitrogens with one attached hydrogen (secondary N) is 4. The molecule has 4 N–H and O–H groups in total. The van der Waals surface area contributed by atoms with E-state index >= 15 is 0 Å². The number of hydrogen-bond donors (Lipinski definition) is 4. The second-order valence-electron chi connectivity index (χ2n) is 13.5. The number of rotatable bonds is 11. The molecular formula is C37H43N9O6. The number of ether oxygens (including phenoxy) is 1. The van der Waals surface area contributed by atoms with E-state index in [4.69, 9.17) is 9.72 Å². The van der Waals surface area contributed by atoms with Crippen LogP contribution in [-0.2, 0) is 20.9 Å². The summed E-state index contributed by atoms with van der Waals surface area (Å²) in [7, 11) is 3.29. The van der Waals surface area contributed by atoms with Crippen molar-refractivity contribution in [1.82, 2.24) is 25.5 Å². The molecule has 272 valence electrons. The fraction of sp³-hybridized carbons (Fsp3) is 0.432. The molecule has 7 rings (SSSR count). The topological polar surface area (TPSA) is 178 Å². The van der Waals surface area contributed by atoms with Crippen LogP contribution in [0.2, 0.25) is 0 Å². The minimum Gasteiger partial charge on any atom is -0.495 e. The van der Waals surface area contributed by atoms with Gasteiger partial charge in [0.25, 0.3) is 11.8 Å². The van der Waals surface area contributed by atoms with E-state index in [1.54, 1.807) is 48.5 Å². The van der Waals surface area contributed by atoms with E-state index in [1.807, 2.05) is 13.0 Å². The summed E-state index contributed by atoms with van der Waals surface area (Å²) in [6.07, 6.45) is 7.14. The average Bonchev–Trinajstić information content (AvgIpc) is 3.80. The van der Waals surface area contributed by atoms with E-state index in [0.29, 0.717) is 60.1 Å². The molecule has 52 heavy (non-hydrogen) atoms. The smallest absolute Gasteiger partial charge is 0.255 e. The highest BCUT2D eigenvalue weighted by atomic mass is 16.5. The van der Waals surface area contributed by atoms with E-state index in [2.05, 4.69) is 31.2 Å². The summed E-state index contributed by atoms with van der Waals surface area (Å²) < 4.78 is 5.64. The quantitative estimate of drug-likeness (QED) is 0.170. The van der Waals surface area contributed by atoms with Gasteiger partial charge in [-0.25, -0.2) is 4.98 Å². The lowest BCUT2D eigenvalue weighted by molar-refractivity contribution is -0.137. The van der Waals surface area contributed by atoms with Gasteiger partial charge in [0.15, 0.2) is 5.82 Å². The van der Waals surface area contributed by atoms with Crippen molar-refractivity contribution in [1.29, 1.82) is 0 Å². The molecule has 0 bridgehead atoms. The zero-order valence-corrected chi connectivity index (χ0v) is 29.5. The molecule has 3 aliphatic heterocycles. The van der Waals surface area contributed by atoms with E-state index < -0.39 is 11.9 Å². The monoisotopic (exact) mass is 709 g/mol. The van der Waals surface area contributed by atoms with Gasteiger partial charge in [0.05, 0.1) is 19.0 Å². The Bertz CT molecular complexity index is 1930. The molecule has 4 aliphatic rings. The van der Waals surface area contributed by atoms with Crippen molar-refractivity contribution in [2.24, 2.45) is 0 Å². The molecule has 5 amide bonds. The van der Waals surface area contributed by atoms with Gasteiger partial charge in [0.1, 0.15) is 23.5 Å². The maximum Gasteiger partial charge on any atom is 0.255 e. The van der Waals surface area contributed by atoms with E-state index in [-0.39, 0.29) is 48.7 Å². The van der Waals surface area contributed by atoms with Crippen molar-refractivity contribution < 1.29 is 28.7 Å². The van der Waals surface area contributed by atoms with E-state index in [0.717, 1.165) is 42.8 Å². The molecule has 15 nitrogen and oxygen atoms in total. The van der Waals surface area contributed by atoms with Crippen LogP contribution in [0.15, 0.2) is 42.6 Å². The van der Waals surface area contributed by atoms with Crippen LogP contribution >= 0.6 is 0 Å². The largest absolute Gasteiger partial charge is 0.495 e. The Labute approximate surface area is 301 Å². The second kappa shape index (κ2) is 14.5. The van der Waals surface area contributed by atoms with Gasteiger partial charge in [0, 0.05) is 61.5 Å². The predicted molar refractivity (Wildman–Crippen MR) is 194 cm³/mol. The van der Waals surface area contributed by atoms with Gasteiger partial charge >= 0.3 is 0 Å². The van der Waals surface area contributed by atoms with Gasteiger partial charge in [-0.15, -0.1) is 0 Å². The minimum atomic E-state index is -0.691. The molecule has 1 saturated carbocycles. The van der Waals surface area contributed by atoms with Gasteiger partial charge in [-0.2, -0.15) is 4.98 Å². The Balaban J connectivity index is 0.983. The number of imide groups is 1. The zero-order valence-electron chi connectivity index (χ0n) is 29.5. The van der Waals surface area contributed by atoms with E-state index in [9.17, 15) is 24.0 Å². The molecule has 1 aliphatic carbocycles. The van der Waals surface area contributed by atoms with Crippen LogP contribution in [0.3, 0.4) is 0 Å². The van der Waals surface area contributed by atoms with Crippen molar-refractivity contribution in [2.45, 2.75) is 76.5 Å². The summed E-state index contributed by atoms with van der Waals surface area (Å²) >= 11 is 0. The third-order valence-corrected chi connectivity index (χ3v) is 10.4. The Morgan fingerprint density at radius 2 is 1.85 bits per heavy atom. The van der Waals surface area contributed by atoms with Crippen LogP contribution in [0.4, 0.5) is 28.8 Å². The zero-order chi connectivity index (χ0) is 36.5. The molecular weight excluding hydrogens is 666 g/mol. The summed E-state index contributed by atoms with van der Waals surface area (Å²) in [4.78, 5) is 78.3. The number of likely N-dealkylation sites (N-methyl/N-ethyl adjacent to an activating group) is 1. The average molecular weight is 710 g/mol. The molecule has 2 atom stereocenters. The Hall–Kier alpha value is -5.73. The number of carbonyl (C=O) groups is 5. The number of benzene rings is 2. The molecule has 2 fully saturated rings. The van der Waals surface area contributed by atoms with Crippen molar-refractivity contribution in [3.05, 3.63) is 59.3 Å². The second-order valence-corrected chi connectivity index (χ2v) is 13.5. The fourth-order valence-corrected chi connectivity index (χ4v) is 7.73.